The quantitative estimate of drug-likeness (QED) is 0.776. The Hall–Kier alpha value is -1.83. The number of amides is 1. The van der Waals surface area contributed by atoms with E-state index in [1.807, 2.05) is 0 Å². The molecule has 8 heteroatoms. The van der Waals surface area contributed by atoms with E-state index in [0.29, 0.717) is 6.07 Å². The number of ketones is 1. The Morgan fingerprint density at radius 1 is 1.20 bits per heavy atom. The van der Waals surface area contributed by atoms with E-state index in [2.05, 4.69) is 0 Å². The van der Waals surface area contributed by atoms with Crippen molar-refractivity contribution < 1.29 is 26.8 Å². The Kier molecular flexibility index (Phi) is 3.59. The largest absolute Gasteiger partial charge is 0.301 e. The molecule has 5 nitrogen and oxygen atoms in total. The van der Waals surface area contributed by atoms with Gasteiger partial charge in [-0.05, 0) is 6.07 Å². The zero-order chi connectivity index (χ0) is 15.1. The summed E-state index contributed by atoms with van der Waals surface area (Å²) in [5.74, 6) is -4.62. The summed E-state index contributed by atoms with van der Waals surface area (Å²) in [7, 11) is -3.37. The molecule has 0 spiro atoms. The van der Waals surface area contributed by atoms with Crippen LogP contribution in [0.3, 0.4) is 0 Å². The molecule has 0 aromatic heterocycles. The summed E-state index contributed by atoms with van der Waals surface area (Å²) in [5.41, 5.74) is -0.728. The lowest BCUT2D eigenvalue weighted by molar-refractivity contribution is -0.114. The number of fused-ring (bicyclic) bond motifs is 1. The second-order valence-corrected chi connectivity index (χ2v) is 6.78. The molecule has 1 aliphatic rings. The minimum atomic E-state index is -3.37. The van der Waals surface area contributed by atoms with Crippen molar-refractivity contribution in [2.45, 2.75) is 6.92 Å². The Labute approximate surface area is 114 Å². The van der Waals surface area contributed by atoms with E-state index in [4.69, 9.17) is 0 Å². The fraction of sp³-hybridized carbons (Fsp3) is 0.333. The summed E-state index contributed by atoms with van der Waals surface area (Å²) in [6.45, 7) is 1.10. The second kappa shape index (κ2) is 4.93. The molecular weight excluding hydrogens is 292 g/mol. The Morgan fingerprint density at radius 3 is 2.45 bits per heavy atom. The summed E-state index contributed by atoms with van der Waals surface area (Å²) in [5, 5.41) is 0. The normalized spacial score (nSPS) is 14.8. The van der Waals surface area contributed by atoms with E-state index >= 15 is 0 Å². The number of carbonyl (C=O) groups is 2. The second-order valence-electron chi connectivity index (χ2n) is 4.31. The number of hydrogen-bond donors (Lipinski definition) is 0. The maximum atomic E-state index is 13.7. The average molecular weight is 303 g/mol. The van der Waals surface area contributed by atoms with Gasteiger partial charge in [0.1, 0.15) is 5.82 Å². The van der Waals surface area contributed by atoms with Crippen LogP contribution in [0.25, 0.3) is 0 Å². The molecule has 1 aromatic carbocycles. The van der Waals surface area contributed by atoms with Crippen LogP contribution < -0.4 is 4.90 Å². The van der Waals surface area contributed by atoms with Crippen molar-refractivity contribution in [3.63, 3.8) is 0 Å². The average Bonchev–Trinajstić information content (AvgIpc) is 2.61. The van der Waals surface area contributed by atoms with Gasteiger partial charge >= 0.3 is 0 Å². The predicted octanol–water partition coefficient (Wildman–Crippen LogP) is 0.929. The highest BCUT2D eigenvalue weighted by atomic mass is 32.2. The number of nitrogens with zero attached hydrogens (tertiary/aromatic N) is 1. The monoisotopic (exact) mass is 303 g/mol. The minimum Gasteiger partial charge on any atom is -0.301 e. The molecule has 1 amide bonds. The lowest BCUT2D eigenvalue weighted by Gasteiger charge is -2.16. The number of rotatable bonds is 4. The van der Waals surface area contributed by atoms with Crippen molar-refractivity contribution in [1.29, 1.82) is 0 Å². The van der Waals surface area contributed by atoms with Crippen LogP contribution in [-0.2, 0) is 14.6 Å². The van der Waals surface area contributed by atoms with Crippen LogP contribution in [0.4, 0.5) is 14.5 Å². The number of carbonyl (C=O) groups excluding carboxylic acids is 2. The fourth-order valence-corrected chi connectivity index (χ4v) is 2.69. The zero-order valence-electron chi connectivity index (χ0n) is 10.5. The lowest BCUT2D eigenvalue weighted by atomic mass is 10.1. The molecule has 0 fully saturated rings. The zero-order valence-corrected chi connectivity index (χ0v) is 11.3. The van der Waals surface area contributed by atoms with Crippen LogP contribution >= 0.6 is 0 Å². The first-order valence-corrected chi connectivity index (χ1v) is 7.64. The lowest BCUT2D eigenvalue weighted by Crippen LogP contribution is -2.34. The third-order valence-corrected chi connectivity index (χ3v) is 4.73. The molecule has 0 atom stereocenters. The van der Waals surface area contributed by atoms with Crippen molar-refractivity contribution in [3.8, 4) is 0 Å². The van der Waals surface area contributed by atoms with Gasteiger partial charge in [0.25, 0.3) is 11.7 Å². The summed E-state index contributed by atoms with van der Waals surface area (Å²) in [6, 6.07) is 1.32. The van der Waals surface area contributed by atoms with Gasteiger partial charge in [-0.3, -0.25) is 9.59 Å². The minimum absolute atomic E-state index is 0.123. The first-order valence-electron chi connectivity index (χ1n) is 5.82. The molecule has 1 aliphatic heterocycles. The molecule has 1 heterocycles. The Balaban J connectivity index is 2.39. The van der Waals surface area contributed by atoms with E-state index < -0.39 is 38.9 Å². The molecule has 2 rings (SSSR count). The van der Waals surface area contributed by atoms with Gasteiger partial charge < -0.3 is 4.90 Å². The van der Waals surface area contributed by atoms with Gasteiger partial charge in [0.15, 0.2) is 15.7 Å². The molecule has 0 saturated heterocycles. The van der Waals surface area contributed by atoms with E-state index in [9.17, 15) is 26.8 Å². The van der Waals surface area contributed by atoms with E-state index in [0.717, 1.165) is 11.0 Å². The molecule has 20 heavy (non-hydrogen) atoms. The molecule has 108 valence electrons. The molecule has 0 aliphatic carbocycles. The number of halogens is 2. The molecule has 0 radical (unpaired) electrons. The van der Waals surface area contributed by atoms with Crippen molar-refractivity contribution >= 4 is 27.2 Å². The summed E-state index contributed by atoms with van der Waals surface area (Å²) >= 11 is 0. The third-order valence-electron chi connectivity index (χ3n) is 3.05. The van der Waals surface area contributed by atoms with Gasteiger partial charge in [0.05, 0.1) is 17.0 Å². The molecule has 0 bridgehead atoms. The van der Waals surface area contributed by atoms with Crippen molar-refractivity contribution in [3.05, 3.63) is 29.3 Å². The summed E-state index contributed by atoms with van der Waals surface area (Å²) in [4.78, 5) is 24.1. The number of hydrogen-bond acceptors (Lipinski definition) is 4. The first kappa shape index (κ1) is 14.6. The van der Waals surface area contributed by atoms with Crippen molar-refractivity contribution in [2.24, 2.45) is 0 Å². The van der Waals surface area contributed by atoms with Gasteiger partial charge in [0.2, 0.25) is 0 Å². The van der Waals surface area contributed by atoms with Gasteiger partial charge in [-0.25, -0.2) is 17.2 Å². The Morgan fingerprint density at radius 2 is 1.85 bits per heavy atom. The molecule has 0 N–H and O–H groups in total. The van der Waals surface area contributed by atoms with E-state index in [1.165, 1.54) is 6.92 Å². The summed E-state index contributed by atoms with van der Waals surface area (Å²) < 4.78 is 49.6. The third kappa shape index (κ3) is 2.43. The van der Waals surface area contributed by atoms with Gasteiger partial charge in [-0.1, -0.05) is 6.92 Å². The maximum Gasteiger partial charge on any atom is 0.299 e. The SMILES string of the molecule is CCS(=O)(=O)CCN1C(=O)C(=O)c2cc(F)cc(F)c21. The predicted molar refractivity (Wildman–Crippen MR) is 67.4 cm³/mol. The van der Waals surface area contributed by atoms with Crippen LogP contribution in [0.2, 0.25) is 0 Å². The van der Waals surface area contributed by atoms with Crippen LogP contribution in [0, 0.1) is 11.6 Å². The topological polar surface area (TPSA) is 71.5 Å². The number of sulfone groups is 1. The first-order chi connectivity index (χ1) is 9.26. The molecular formula is C12H11F2NO4S. The van der Waals surface area contributed by atoms with Crippen LogP contribution in [-0.4, -0.2) is 38.2 Å². The smallest absolute Gasteiger partial charge is 0.299 e. The van der Waals surface area contributed by atoms with Crippen LogP contribution in [0.5, 0.6) is 0 Å². The standard InChI is InChI=1S/C12H11F2NO4S/c1-2-20(18,19)4-3-15-10-8(11(16)12(15)17)5-7(13)6-9(10)14/h5-6H,2-4H2,1H3. The molecule has 1 aromatic rings. The number of anilines is 1. The van der Waals surface area contributed by atoms with Crippen molar-refractivity contribution in [2.75, 3.05) is 23.0 Å². The highest BCUT2D eigenvalue weighted by Crippen LogP contribution is 2.32. The number of Topliss-reactive ketones (excluding diaryl/α,β-unsaturated/α-hetero) is 1. The molecule has 0 unspecified atom stereocenters. The van der Waals surface area contributed by atoms with Gasteiger partial charge in [-0.2, -0.15) is 0 Å². The Bertz CT molecular complexity index is 700. The fourth-order valence-electron chi connectivity index (χ4n) is 1.94. The van der Waals surface area contributed by atoms with E-state index in [1.54, 1.807) is 0 Å². The van der Waals surface area contributed by atoms with Gasteiger partial charge in [0, 0.05) is 18.4 Å². The van der Waals surface area contributed by atoms with E-state index in [-0.39, 0.29) is 23.5 Å². The maximum absolute atomic E-state index is 13.7. The number of benzene rings is 1. The molecule has 0 saturated carbocycles. The summed E-state index contributed by atoms with van der Waals surface area (Å²) in [6.07, 6.45) is 0. The van der Waals surface area contributed by atoms with Crippen LogP contribution in [0.15, 0.2) is 12.1 Å². The van der Waals surface area contributed by atoms with Crippen LogP contribution in [0.1, 0.15) is 17.3 Å². The highest BCUT2D eigenvalue weighted by Gasteiger charge is 2.38. The highest BCUT2D eigenvalue weighted by molar-refractivity contribution is 7.91. The van der Waals surface area contributed by atoms with Crippen molar-refractivity contribution in [1.82, 2.24) is 0 Å². The van der Waals surface area contributed by atoms with Gasteiger partial charge in [-0.15, -0.1) is 0 Å².